The first kappa shape index (κ1) is 14.1. The summed E-state index contributed by atoms with van der Waals surface area (Å²) in [6.07, 6.45) is 0.509. The molecule has 3 aromatic carbocycles. The molecule has 0 amide bonds. The fraction of sp³-hybridized carbons (Fsp3) is 0.263. The molecule has 0 aliphatic heterocycles. The number of fused-ring (bicyclic) bond motifs is 2. The molecule has 0 radical (unpaired) electrons. The third kappa shape index (κ3) is 2.92. The molecular weight excluding hydrogens is 258 g/mol. The maximum atomic E-state index is 9.70. The first-order valence-electron chi connectivity index (χ1n) is 7.57. The fourth-order valence-corrected chi connectivity index (χ4v) is 2.81. The van der Waals surface area contributed by atoms with Crippen molar-refractivity contribution in [2.45, 2.75) is 26.0 Å². The highest BCUT2D eigenvalue weighted by Crippen LogP contribution is 2.28. The zero-order valence-electron chi connectivity index (χ0n) is 12.3. The summed E-state index contributed by atoms with van der Waals surface area (Å²) in [5, 5.41) is 18.2. The average molecular weight is 279 g/mol. The molecule has 2 nitrogen and oxygen atoms in total. The van der Waals surface area contributed by atoms with Gasteiger partial charge in [-0.15, -0.1) is 0 Å². The van der Waals surface area contributed by atoms with E-state index in [1.54, 1.807) is 0 Å². The van der Waals surface area contributed by atoms with Gasteiger partial charge in [0.2, 0.25) is 0 Å². The van der Waals surface area contributed by atoms with Crippen LogP contribution in [0.2, 0.25) is 0 Å². The summed E-state index contributed by atoms with van der Waals surface area (Å²) < 4.78 is 0. The Kier molecular flexibility index (Phi) is 4.18. The molecule has 0 spiro atoms. The fourth-order valence-electron chi connectivity index (χ4n) is 2.81. The van der Waals surface area contributed by atoms with Crippen molar-refractivity contribution in [2.75, 3.05) is 6.54 Å². The van der Waals surface area contributed by atoms with Crippen LogP contribution in [0.5, 0.6) is 0 Å². The molecule has 0 unspecified atom stereocenters. The lowest BCUT2D eigenvalue weighted by Crippen LogP contribution is -2.25. The van der Waals surface area contributed by atoms with Gasteiger partial charge in [0.1, 0.15) is 0 Å². The molecule has 3 rings (SSSR count). The van der Waals surface area contributed by atoms with Crippen LogP contribution >= 0.6 is 0 Å². The van der Waals surface area contributed by atoms with E-state index in [2.05, 4.69) is 59.9 Å². The highest BCUT2D eigenvalue weighted by molar-refractivity contribution is 6.02. The number of hydrogen-bond acceptors (Lipinski definition) is 2. The molecule has 108 valence electrons. The van der Waals surface area contributed by atoms with Gasteiger partial charge in [0.15, 0.2) is 0 Å². The van der Waals surface area contributed by atoms with Gasteiger partial charge in [0.25, 0.3) is 0 Å². The Labute approximate surface area is 125 Å². The monoisotopic (exact) mass is 279 g/mol. The van der Waals surface area contributed by atoms with Gasteiger partial charge in [0, 0.05) is 13.1 Å². The molecule has 0 bridgehead atoms. The number of benzene rings is 3. The van der Waals surface area contributed by atoms with E-state index < -0.39 is 0 Å². The lowest BCUT2D eigenvalue weighted by atomic mass is 9.97. The smallest absolute Gasteiger partial charge is 0.0662 e. The number of hydrogen-bond donors (Lipinski definition) is 2. The zero-order valence-corrected chi connectivity index (χ0v) is 12.3. The van der Waals surface area contributed by atoms with Crippen LogP contribution in [0.1, 0.15) is 18.9 Å². The van der Waals surface area contributed by atoms with Crippen LogP contribution in [0.15, 0.2) is 54.6 Å². The molecule has 2 N–H and O–H groups in total. The van der Waals surface area contributed by atoms with Crippen molar-refractivity contribution in [1.29, 1.82) is 0 Å². The van der Waals surface area contributed by atoms with Crippen LogP contribution in [0, 0.1) is 0 Å². The third-order valence-corrected chi connectivity index (χ3v) is 4.04. The molecule has 0 aromatic heterocycles. The van der Waals surface area contributed by atoms with E-state index in [4.69, 9.17) is 0 Å². The molecule has 0 aliphatic carbocycles. The molecule has 3 aromatic rings. The normalized spacial score (nSPS) is 12.9. The van der Waals surface area contributed by atoms with E-state index >= 15 is 0 Å². The molecule has 0 fully saturated rings. The Bertz CT molecular complexity index is 697. The summed E-state index contributed by atoms with van der Waals surface area (Å²) in [5.74, 6) is 0. The summed E-state index contributed by atoms with van der Waals surface area (Å²) in [5.41, 5.74) is 1.31. The Morgan fingerprint density at radius 2 is 1.52 bits per heavy atom. The van der Waals surface area contributed by atoms with Gasteiger partial charge < -0.3 is 10.4 Å². The van der Waals surface area contributed by atoms with Crippen molar-refractivity contribution in [1.82, 2.24) is 5.32 Å². The summed E-state index contributed by atoms with van der Waals surface area (Å²) in [7, 11) is 0. The minimum atomic E-state index is -0.272. The van der Waals surface area contributed by atoms with Gasteiger partial charge in [-0.2, -0.15) is 0 Å². The number of rotatable bonds is 5. The van der Waals surface area contributed by atoms with Crippen LogP contribution in [-0.2, 0) is 6.54 Å². The number of nitrogens with one attached hydrogen (secondary N) is 1. The largest absolute Gasteiger partial charge is 0.392 e. The average Bonchev–Trinajstić information content (AvgIpc) is 2.54. The summed E-state index contributed by atoms with van der Waals surface area (Å²) in [6, 6.07) is 19.2. The Hall–Kier alpha value is -1.90. The number of aliphatic hydroxyl groups excluding tert-OH is 1. The molecular formula is C19H21NO. The Morgan fingerprint density at radius 1 is 0.952 bits per heavy atom. The van der Waals surface area contributed by atoms with E-state index in [1.165, 1.54) is 27.1 Å². The Balaban J connectivity index is 2.03. The quantitative estimate of drug-likeness (QED) is 0.695. The van der Waals surface area contributed by atoms with Gasteiger partial charge >= 0.3 is 0 Å². The summed E-state index contributed by atoms with van der Waals surface area (Å²) >= 11 is 0. The summed E-state index contributed by atoms with van der Waals surface area (Å²) in [4.78, 5) is 0. The predicted molar refractivity (Wildman–Crippen MR) is 89.5 cm³/mol. The first-order valence-corrected chi connectivity index (χ1v) is 7.57. The lowest BCUT2D eigenvalue weighted by molar-refractivity contribution is 0.167. The van der Waals surface area contributed by atoms with Crippen molar-refractivity contribution >= 4 is 21.5 Å². The predicted octanol–water partition coefficient (Wildman–Crippen LogP) is 3.85. The van der Waals surface area contributed by atoms with Crippen LogP contribution in [0.4, 0.5) is 0 Å². The van der Waals surface area contributed by atoms with Crippen molar-refractivity contribution in [3.8, 4) is 0 Å². The van der Waals surface area contributed by atoms with Gasteiger partial charge in [-0.1, -0.05) is 55.5 Å². The van der Waals surface area contributed by atoms with Crippen LogP contribution in [0.25, 0.3) is 21.5 Å². The van der Waals surface area contributed by atoms with Crippen molar-refractivity contribution in [3.05, 3.63) is 60.2 Å². The van der Waals surface area contributed by atoms with Crippen LogP contribution < -0.4 is 5.32 Å². The van der Waals surface area contributed by atoms with Crippen molar-refractivity contribution in [2.24, 2.45) is 0 Å². The van der Waals surface area contributed by atoms with Crippen LogP contribution in [-0.4, -0.2) is 17.8 Å². The molecule has 1 atom stereocenters. The van der Waals surface area contributed by atoms with E-state index in [1.807, 2.05) is 6.92 Å². The molecule has 0 saturated carbocycles. The lowest BCUT2D eigenvalue weighted by Gasteiger charge is -2.14. The maximum Gasteiger partial charge on any atom is 0.0662 e. The summed E-state index contributed by atoms with van der Waals surface area (Å²) in [6.45, 7) is 3.41. The minimum Gasteiger partial charge on any atom is -0.392 e. The van der Waals surface area contributed by atoms with E-state index in [-0.39, 0.29) is 6.10 Å². The highest BCUT2D eigenvalue weighted by atomic mass is 16.3. The third-order valence-electron chi connectivity index (χ3n) is 4.04. The van der Waals surface area contributed by atoms with Crippen molar-refractivity contribution in [3.63, 3.8) is 0 Å². The Morgan fingerprint density at radius 3 is 2.10 bits per heavy atom. The minimum absolute atomic E-state index is 0.272. The van der Waals surface area contributed by atoms with Crippen molar-refractivity contribution < 1.29 is 5.11 Å². The molecule has 0 saturated heterocycles. The second-order valence-corrected chi connectivity index (χ2v) is 5.49. The first-order chi connectivity index (χ1) is 10.3. The molecule has 0 aliphatic rings. The van der Waals surface area contributed by atoms with Gasteiger partial charge in [0.05, 0.1) is 6.10 Å². The molecule has 0 heterocycles. The van der Waals surface area contributed by atoms with E-state index in [0.29, 0.717) is 6.54 Å². The second-order valence-electron chi connectivity index (χ2n) is 5.49. The van der Waals surface area contributed by atoms with Gasteiger partial charge in [-0.25, -0.2) is 0 Å². The SMILES string of the molecule is CC[C@@H](O)CNCc1c2ccccc2cc2ccccc12. The topological polar surface area (TPSA) is 32.3 Å². The van der Waals surface area contributed by atoms with E-state index in [9.17, 15) is 5.11 Å². The standard InChI is InChI=1S/C19H21NO/c1-2-16(21)12-20-13-19-17-9-5-3-7-14(17)11-15-8-4-6-10-18(15)19/h3-11,16,20-21H,2,12-13H2,1H3/t16-/m1/s1. The van der Waals surface area contributed by atoms with Gasteiger partial charge in [-0.05, 0) is 39.6 Å². The second kappa shape index (κ2) is 6.25. The zero-order chi connectivity index (χ0) is 14.7. The number of aliphatic hydroxyl groups is 1. The van der Waals surface area contributed by atoms with E-state index in [0.717, 1.165) is 13.0 Å². The highest BCUT2D eigenvalue weighted by Gasteiger charge is 2.07. The molecule has 2 heteroatoms. The van der Waals surface area contributed by atoms with Gasteiger partial charge in [-0.3, -0.25) is 0 Å². The maximum absolute atomic E-state index is 9.70. The molecule has 21 heavy (non-hydrogen) atoms. The van der Waals surface area contributed by atoms with Crippen LogP contribution in [0.3, 0.4) is 0 Å².